The van der Waals surface area contributed by atoms with E-state index in [2.05, 4.69) is 0 Å². The lowest BCUT2D eigenvalue weighted by molar-refractivity contribution is -0.121. The minimum absolute atomic E-state index is 0.0167. The molecular formula is C11H14N2O4. The highest BCUT2D eigenvalue weighted by Gasteiger charge is 2.18. The maximum absolute atomic E-state index is 11.6. The highest BCUT2D eigenvalue weighted by atomic mass is 16.5. The monoisotopic (exact) mass is 238 g/mol. The molecule has 0 aromatic heterocycles. The van der Waals surface area contributed by atoms with Crippen LogP contribution in [0.5, 0.6) is 0 Å². The number of carboxylic acid groups (broad SMARTS) is 1. The summed E-state index contributed by atoms with van der Waals surface area (Å²) in [4.78, 5) is 23.8. The van der Waals surface area contributed by atoms with Gasteiger partial charge in [-0.05, 0) is 18.2 Å². The Hall–Kier alpha value is -2.08. The molecule has 0 spiro atoms. The fraction of sp³-hybridized carbons (Fsp3) is 0.273. The molecule has 6 heteroatoms. The molecule has 0 aliphatic rings. The number of likely N-dealkylation sites (N-methyl/N-ethyl adjacent to an activating group) is 1. The van der Waals surface area contributed by atoms with Crippen LogP contribution in [-0.2, 0) is 9.53 Å². The number of ether oxygens (including phenoxy) is 1. The van der Waals surface area contributed by atoms with Crippen molar-refractivity contribution in [1.29, 1.82) is 0 Å². The first kappa shape index (κ1) is 13.0. The van der Waals surface area contributed by atoms with Crippen molar-refractivity contribution < 1.29 is 19.4 Å². The Kier molecular flexibility index (Phi) is 4.06. The number of aromatic carboxylic acids is 1. The van der Waals surface area contributed by atoms with E-state index < -0.39 is 5.97 Å². The Balaban J connectivity index is 3.12. The number of carbonyl (C=O) groups excluding carboxylic acids is 1. The summed E-state index contributed by atoms with van der Waals surface area (Å²) >= 11 is 0. The lowest BCUT2D eigenvalue weighted by Crippen LogP contribution is -2.31. The van der Waals surface area contributed by atoms with Crippen LogP contribution in [0.15, 0.2) is 18.2 Å². The topological polar surface area (TPSA) is 92.9 Å². The van der Waals surface area contributed by atoms with Gasteiger partial charge >= 0.3 is 5.97 Å². The summed E-state index contributed by atoms with van der Waals surface area (Å²) in [7, 11) is 2.88. The first-order valence-corrected chi connectivity index (χ1v) is 4.85. The zero-order valence-corrected chi connectivity index (χ0v) is 9.64. The highest BCUT2D eigenvalue weighted by Crippen LogP contribution is 2.22. The van der Waals surface area contributed by atoms with Crippen LogP contribution in [0.1, 0.15) is 10.4 Å². The van der Waals surface area contributed by atoms with Gasteiger partial charge in [-0.15, -0.1) is 0 Å². The van der Waals surface area contributed by atoms with Crippen LogP contribution in [0.25, 0.3) is 0 Å². The number of carboxylic acids is 1. The van der Waals surface area contributed by atoms with E-state index in [4.69, 9.17) is 15.6 Å². The van der Waals surface area contributed by atoms with Gasteiger partial charge in [0.15, 0.2) is 0 Å². The molecule has 0 radical (unpaired) electrons. The third-order valence-corrected chi connectivity index (χ3v) is 2.25. The van der Waals surface area contributed by atoms with Gasteiger partial charge in [0.2, 0.25) is 0 Å². The highest BCUT2D eigenvalue weighted by molar-refractivity contribution is 6.02. The van der Waals surface area contributed by atoms with Crippen molar-refractivity contribution in [3.05, 3.63) is 23.8 Å². The molecule has 0 saturated carbocycles. The van der Waals surface area contributed by atoms with Gasteiger partial charge in [0.1, 0.15) is 6.61 Å². The first-order chi connectivity index (χ1) is 7.97. The van der Waals surface area contributed by atoms with Crippen LogP contribution in [0.2, 0.25) is 0 Å². The average molecular weight is 238 g/mol. The summed E-state index contributed by atoms with van der Waals surface area (Å²) in [5.41, 5.74) is 6.11. The van der Waals surface area contributed by atoms with E-state index in [9.17, 15) is 9.59 Å². The summed E-state index contributed by atoms with van der Waals surface area (Å²) in [5.74, 6) is -1.47. The van der Waals surface area contributed by atoms with Crippen molar-refractivity contribution >= 4 is 23.3 Å². The molecule has 0 heterocycles. The van der Waals surface area contributed by atoms with E-state index in [1.54, 1.807) is 6.07 Å². The largest absolute Gasteiger partial charge is 0.478 e. The van der Waals surface area contributed by atoms with Gasteiger partial charge in [-0.25, -0.2) is 4.79 Å². The minimum atomic E-state index is -1.13. The lowest BCUT2D eigenvalue weighted by atomic mass is 10.1. The normalized spacial score (nSPS) is 10.0. The molecule has 0 unspecified atom stereocenters. The molecule has 1 amide bonds. The Morgan fingerprint density at radius 2 is 2.12 bits per heavy atom. The van der Waals surface area contributed by atoms with E-state index in [-0.39, 0.29) is 23.8 Å². The molecule has 0 aliphatic heterocycles. The molecule has 17 heavy (non-hydrogen) atoms. The lowest BCUT2D eigenvalue weighted by Gasteiger charge is -2.19. The average Bonchev–Trinajstić information content (AvgIpc) is 2.28. The predicted octanol–water partition coefficient (Wildman–Crippen LogP) is 0.576. The predicted molar refractivity (Wildman–Crippen MR) is 63.1 cm³/mol. The molecule has 0 bridgehead atoms. The molecule has 0 aliphatic carbocycles. The van der Waals surface area contributed by atoms with E-state index in [1.807, 2.05) is 0 Å². The molecule has 6 nitrogen and oxygen atoms in total. The Morgan fingerprint density at radius 1 is 1.47 bits per heavy atom. The van der Waals surface area contributed by atoms with Gasteiger partial charge in [0.25, 0.3) is 5.91 Å². The molecule has 0 fully saturated rings. The van der Waals surface area contributed by atoms with Crippen LogP contribution in [0.4, 0.5) is 11.4 Å². The maximum atomic E-state index is 11.6. The fourth-order valence-electron chi connectivity index (χ4n) is 1.37. The zero-order chi connectivity index (χ0) is 13.0. The van der Waals surface area contributed by atoms with Crippen molar-refractivity contribution in [2.75, 3.05) is 31.4 Å². The molecule has 0 atom stereocenters. The van der Waals surface area contributed by atoms with Gasteiger partial charge in [-0.1, -0.05) is 0 Å². The number of methoxy groups -OCH3 is 1. The number of rotatable bonds is 4. The Bertz CT molecular complexity index is 445. The Morgan fingerprint density at radius 3 is 2.65 bits per heavy atom. The van der Waals surface area contributed by atoms with Crippen LogP contribution in [0, 0.1) is 0 Å². The van der Waals surface area contributed by atoms with Crippen molar-refractivity contribution in [1.82, 2.24) is 0 Å². The third-order valence-electron chi connectivity index (χ3n) is 2.25. The SMILES string of the molecule is COCC(=O)N(C)c1ccc(N)cc1C(=O)O. The standard InChI is InChI=1S/C11H14N2O4/c1-13(10(14)6-17-2)9-4-3-7(12)5-8(9)11(15)16/h3-5H,6,12H2,1-2H3,(H,15,16). The number of nitrogens with zero attached hydrogens (tertiary/aromatic N) is 1. The smallest absolute Gasteiger partial charge is 0.337 e. The number of nitrogen functional groups attached to an aromatic ring is 1. The zero-order valence-electron chi connectivity index (χ0n) is 9.64. The van der Waals surface area contributed by atoms with Gasteiger partial charge in [-0.3, -0.25) is 4.79 Å². The molecule has 3 N–H and O–H groups in total. The molecule has 92 valence electrons. The van der Waals surface area contributed by atoms with E-state index in [0.29, 0.717) is 5.69 Å². The number of hydrogen-bond donors (Lipinski definition) is 2. The van der Waals surface area contributed by atoms with Crippen molar-refractivity contribution in [2.24, 2.45) is 0 Å². The number of anilines is 2. The van der Waals surface area contributed by atoms with E-state index >= 15 is 0 Å². The van der Waals surface area contributed by atoms with Crippen molar-refractivity contribution in [3.63, 3.8) is 0 Å². The second-order valence-electron chi connectivity index (χ2n) is 3.47. The Labute approximate surface area is 98.6 Å². The molecular weight excluding hydrogens is 224 g/mol. The number of benzene rings is 1. The third kappa shape index (κ3) is 2.94. The van der Waals surface area contributed by atoms with Gasteiger partial charge in [0, 0.05) is 19.8 Å². The number of carbonyl (C=O) groups is 2. The van der Waals surface area contributed by atoms with Gasteiger partial charge < -0.3 is 20.5 Å². The summed E-state index contributed by atoms with van der Waals surface area (Å²) in [6.07, 6.45) is 0. The van der Waals surface area contributed by atoms with E-state index in [1.165, 1.54) is 31.2 Å². The van der Waals surface area contributed by atoms with Crippen molar-refractivity contribution in [2.45, 2.75) is 0 Å². The number of nitrogens with two attached hydrogens (primary N) is 1. The van der Waals surface area contributed by atoms with Crippen LogP contribution in [0.3, 0.4) is 0 Å². The van der Waals surface area contributed by atoms with Gasteiger partial charge in [0.05, 0.1) is 11.3 Å². The molecule has 1 aromatic rings. The second-order valence-corrected chi connectivity index (χ2v) is 3.47. The van der Waals surface area contributed by atoms with Gasteiger partial charge in [-0.2, -0.15) is 0 Å². The molecule has 1 rings (SSSR count). The van der Waals surface area contributed by atoms with Crippen LogP contribution >= 0.6 is 0 Å². The number of hydrogen-bond acceptors (Lipinski definition) is 4. The summed E-state index contributed by atoms with van der Waals surface area (Å²) in [5, 5.41) is 9.03. The van der Waals surface area contributed by atoms with Crippen LogP contribution in [-0.4, -0.2) is 37.7 Å². The summed E-state index contributed by atoms with van der Waals surface area (Å²) in [6.45, 7) is -0.111. The fourth-order valence-corrected chi connectivity index (χ4v) is 1.37. The summed E-state index contributed by atoms with van der Waals surface area (Å²) in [6, 6.07) is 4.35. The quantitative estimate of drug-likeness (QED) is 0.748. The second kappa shape index (κ2) is 5.31. The van der Waals surface area contributed by atoms with Crippen molar-refractivity contribution in [3.8, 4) is 0 Å². The minimum Gasteiger partial charge on any atom is -0.478 e. The van der Waals surface area contributed by atoms with E-state index in [0.717, 1.165) is 0 Å². The molecule has 0 saturated heterocycles. The number of amides is 1. The molecule has 1 aromatic carbocycles. The maximum Gasteiger partial charge on any atom is 0.337 e. The van der Waals surface area contributed by atoms with Crippen LogP contribution < -0.4 is 10.6 Å². The summed E-state index contributed by atoms with van der Waals surface area (Å²) < 4.78 is 4.71. The first-order valence-electron chi connectivity index (χ1n) is 4.85.